The molecule has 0 atom stereocenters. The van der Waals surface area contributed by atoms with Crippen LogP contribution in [0.3, 0.4) is 0 Å². The number of methoxy groups -OCH3 is 1. The molecule has 5 heteroatoms. The summed E-state index contributed by atoms with van der Waals surface area (Å²) in [7, 11) is 1.54. The molecule has 1 aliphatic rings. The zero-order chi connectivity index (χ0) is 18.0. The zero-order valence-corrected chi connectivity index (χ0v) is 15.0. The molecule has 0 saturated carbocycles. The van der Waals surface area contributed by atoms with Crippen LogP contribution in [0.2, 0.25) is 5.02 Å². The van der Waals surface area contributed by atoms with E-state index < -0.39 is 0 Å². The first kappa shape index (κ1) is 17.1. The Balaban J connectivity index is 1.94. The zero-order valence-electron chi connectivity index (χ0n) is 14.2. The van der Waals surface area contributed by atoms with Crippen molar-refractivity contribution in [2.75, 3.05) is 12.4 Å². The maximum absolute atomic E-state index is 12.7. The maximum atomic E-state index is 12.7. The highest BCUT2D eigenvalue weighted by Gasteiger charge is 2.17. The van der Waals surface area contributed by atoms with E-state index in [0.29, 0.717) is 27.7 Å². The average molecular weight is 356 g/mol. The van der Waals surface area contributed by atoms with E-state index in [1.54, 1.807) is 31.4 Å². The number of hydrogen-bond acceptors (Lipinski definition) is 3. The van der Waals surface area contributed by atoms with Crippen molar-refractivity contribution in [2.45, 2.75) is 13.8 Å². The Morgan fingerprint density at radius 3 is 2.72 bits per heavy atom. The van der Waals surface area contributed by atoms with E-state index in [-0.39, 0.29) is 5.91 Å². The van der Waals surface area contributed by atoms with Gasteiger partial charge in [0, 0.05) is 27.9 Å². The molecular formula is C20H18ClNO3. The predicted octanol–water partition coefficient (Wildman–Crippen LogP) is 4.89. The molecule has 2 aromatic carbocycles. The summed E-state index contributed by atoms with van der Waals surface area (Å²) in [5.74, 6) is 0.815. The van der Waals surface area contributed by atoms with Crippen LogP contribution in [0.5, 0.6) is 11.5 Å². The Kier molecular flexibility index (Phi) is 4.81. The van der Waals surface area contributed by atoms with Gasteiger partial charge in [-0.05, 0) is 43.7 Å². The quantitative estimate of drug-likeness (QED) is 0.852. The molecule has 0 radical (unpaired) electrons. The van der Waals surface area contributed by atoms with Crippen molar-refractivity contribution in [1.29, 1.82) is 0 Å². The molecule has 0 unspecified atom stereocenters. The van der Waals surface area contributed by atoms with Gasteiger partial charge in [0.15, 0.2) is 11.5 Å². The molecule has 3 rings (SSSR count). The summed E-state index contributed by atoms with van der Waals surface area (Å²) in [5.41, 5.74) is 4.07. The average Bonchev–Trinajstić information content (AvgIpc) is 2.79. The minimum atomic E-state index is -0.224. The number of benzene rings is 2. The molecule has 0 aliphatic carbocycles. The first-order chi connectivity index (χ1) is 12.0. The number of fused-ring (bicyclic) bond motifs is 1. The molecule has 25 heavy (non-hydrogen) atoms. The maximum Gasteiger partial charge on any atom is 0.255 e. The van der Waals surface area contributed by atoms with Crippen LogP contribution < -0.4 is 14.8 Å². The van der Waals surface area contributed by atoms with Gasteiger partial charge in [0.1, 0.15) is 0 Å². The Hall–Kier alpha value is -2.72. The van der Waals surface area contributed by atoms with Crippen LogP contribution in [0, 0.1) is 13.8 Å². The van der Waals surface area contributed by atoms with Gasteiger partial charge >= 0.3 is 0 Å². The van der Waals surface area contributed by atoms with Gasteiger partial charge in [-0.25, -0.2) is 0 Å². The summed E-state index contributed by atoms with van der Waals surface area (Å²) in [4.78, 5) is 12.7. The Morgan fingerprint density at radius 1 is 1.20 bits per heavy atom. The van der Waals surface area contributed by atoms with Gasteiger partial charge in [-0.1, -0.05) is 29.3 Å². The standard InChI is InChI=1S/C20H18ClNO3/c1-12-4-5-17(13(2)8-12)22-20(23)14-6-7-25-19-15(9-14)10-16(21)11-18(19)24-3/h4-11H,1-3H3,(H,22,23). The van der Waals surface area contributed by atoms with Gasteiger partial charge in [0.2, 0.25) is 0 Å². The molecular weight excluding hydrogens is 338 g/mol. The topological polar surface area (TPSA) is 47.6 Å². The van der Waals surface area contributed by atoms with Gasteiger partial charge in [0.05, 0.1) is 13.4 Å². The Morgan fingerprint density at radius 2 is 2.00 bits per heavy atom. The number of aryl methyl sites for hydroxylation is 2. The molecule has 0 fully saturated rings. The van der Waals surface area contributed by atoms with E-state index in [9.17, 15) is 4.79 Å². The molecule has 1 aliphatic heterocycles. The molecule has 0 aromatic heterocycles. The third-order valence-electron chi connectivity index (χ3n) is 3.91. The van der Waals surface area contributed by atoms with E-state index in [4.69, 9.17) is 21.1 Å². The van der Waals surface area contributed by atoms with E-state index in [1.807, 2.05) is 32.0 Å². The Bertz CT molecular complexity index is 900. The van der Waals surface area contributed by atoms with Crippen LogP contribution in [0.1, 0.15) is 16.7 Å². The van der Waals surface area contributed by atoms with Crippen LogP contribution >= 0.6 is 11.6 Å². The fourth-order valence-corrected chi connectivity index (χ4v) is 2.87. The lowest BCUT2D eigenvalue weighted by Gasteiger charge is -2.11. The molecule has 0 saturated heterocycles. The van der Waals surface area contributed by atoms with Crippen LogP contribution in [0.15, 0.2) is 48.2 Å². The molecule has 0 bridgehead atoms. The summed E-state index contributed by atoms with van der Waals surface area (Å²) in [5, 5.41) is 3.44. The van der Waals surface area contributed by atoms with Gasteiger partial charge in [-0.3, -0.25) is 4.79 Å². The highest BCUT2D eigenvalue weighted by atomic mass is 35.5. The Labute approximate surface area is 151 Å². The van der Waals surface area contributed by atoms with Gasteiger partial charge in [-0.2, -0.15) is 0 Å². The number of anilines is 1. The van der Waals surface area contributed by atoms with E-state index in [2.05, 4.69) is 5.32 Å². The highest BCUT2D eigenvalue weighted by molar-refractivity contribution is 6.31. The lowest BCUT2D eigenvalue weighted by molar-refractivity contribution is -0.112. The minimum absolute atomic E-state index is 0.224. The lowest BCUT2D eigenvalue weighted by Crippen LogP contribution is -2.14. The summed E-state index contributed by atoms with van der Waals surface area (Å²) >= 11 is 6.12. The number of carbonyl (C=O) groups is 1. The third kappa shape index (κ3) is 3.69. The number of halogens is 1. The van der Waals surface area contributed by atoms with Crippen LogP contribution in [0.4, 0.5) is 5.69 Å². The first-order valence-corrected chi connectivity index (χ1v) is 8.17. The summed E-state index contributed by atoms with van der Waals surface area (Å²) in [6.07, 6.45) is 4.81. The second kappa shape index (κ2) is 7.03. The molecule has 1 heterocycles. The van der Waals surface area contributed by atoms with Crippen molar-refractivity contribution in [2.24, 2.45) is 0 Å². The normalized spacial score (nSPS) is 12.6. The fourth-order valence-electron chi connectivity index (χ4n) is 2.65. The third-order valence-corrected chi connectivity index (χ3v) is 4.12. The van der Waals surface area contributed by atoms with Crippen LogP contribution in [0.25, 0.3) is 6.08 Å². The second-order valence-electron chi connectivity index (χ2n) is 5.82. The molecule has 2 aromatic rings. The van der Waals surface area contributed by atoms with E-state index in [1.165, 1.54) is 6.26 Å². The smallest absolute Gasteiger partial charge is 0.255 e. The number of hydrogen-bond donors (Lipinski definition) is 1. The lowest BCUT2D eigenvalue weighted by atomic mass is 10.1. The number of carbonyl (C=O) groups excluding carboxylic acids is 1. The van der Waals surface area contributed by atoms with Crippen molar-refractivity contribution in [3.05, 3.63) is 70.0 Å². The molecule has 1 amide bonds. The predicted molar refractivity (Wildman–Crippen MR) is 100 cm³/mol. The van der Waals surface area contributed by atoms with Gasteiger partial charge < -0.3 is 14.8 Å². The molecule has 1 N–H and O–H groups in total. The molecule has 128 valence electrons. The number of rotatable bonds is 3. The first-order valence-electron chi connectivity index (χ1n) is 7.79. The monoisotopic (exact) mass is 355 g/mol. The largest absolute Gasteiger partial charge is 0.493 e. The number of ether oxygens (including phenoxy) is 2. The second-order valence-corrected chi connectivity index (χ2v) is 6.26. The molecule has 0 spiro atoms. The summed E-state index contributed by atoms with van der Waals surface area (Å²) in [6, 6.07) is 9.28. The SMILES string of the molecule is COc1cc(Cl)cc2c1OC=CC(C(=O)Nc1ccc(C)cc1C)=C2. The highest BCUT2D eigenvalue weighted by Crippen LogP contribution is 2.37. The van der Waals surface area contributed by atoms with Gasteiger partial charge in [-0.15, -0.1) is 0 Å². The van der Waals surface area contributed by atoms with Crippen molar-refractivity contribution in [1.82, 2.24) is 0 Å². The number of amides is 1. The summed E-state index contributed by atoms with van der Waals surface area (Å²) in [6.45, 7) is 3.98. The van der Waals surface area contributed by atoms with Crippen molar-refractivity contribution >= 4 is 29.3 Å². The van der Waals surface area contributed by atoms with Crippen LogP contribution in [-0.4, -0.2) is 13.0 Å². The fraction of sp³-hybridized carbons (Fsp3) is 0.150. The number of nitrogens with one attached hydrogen (secondary N) is 1. The van der Waals surface area contributed by atoms with Crippen molar-refractivity contribution in [3.8, 4) is 11.5 Å². The van der Waals surface area contributed by atoms with E-state index >= 15 is 0 Å². The molecule has 4 nitrogen and oxygen atoms in total. The van der Waals surface area contributed by atoms with E-state index in [0.717, 1.165) is 16.8 Å². The van der Waals surface area contributed by atoms with Gasteiger partial charge in [0.25, 0.3) is 5.91 Å². The van der Waals surface area contributed by atoms with Crippen molar-refractivity contribution < 1.29 is 14.3 Å². The van der Waals surface area contributed by atoms with Crippen molar-refractivity contribution in [3.63, 3.8) is 0 Å². The minimum Gasteiger partial charge on any atom is -0.493 e. The van der Waals surface area contributed by atoms with Crippen LogP contribution in [-0.2, 0) is 4.79 Å². The summed E-state index contributed by atoms with van der Waals surface area (Å²) < 4.78 is 10.9.